The first kappa shape index (κ1) is 16.1. The van der Waals surface area contributed by atoms with Crippen LogP contribution in [0.25, 0.3) is 0 Å². The van der Waals surface area contributed by atoms with Crippen molar-refractivity contribution in [3.8, 4) is 0 Å². The minimum atomic E-state index is -0.249. The lowest BCUT2D eigenvalue weighted by Gasteiger charge is -2.27. The quantitative estimate of drug-likeness (QED) is 0.804. The van der Waals surface area contributed by atoms with Gasteiger partial charge in [0.2, 0.25) is 0 Å². The molecule has 0 aliphatic heterocycles. The summed E-state index contributed by atoms with van der Waals surface area (Å²) in [4.78, 5) is 4.55. The first-order valence-electron chi connectivity index (χ1n) is 6.67. The van der Waals surface area contributed by atoms with E-state index in [2.05, 4.69) is 44.1 Å². The van der Waals surface area contributed by atoms with Gasteiger partial charge in [0, 0.05) is 31.6 Å². The van der Waals surface area contributed by atoms with Crippen molar-refractivity contribution in [1.29, 1.82) is 0 Å². The molecule has 0 aliphatic rings. The molecule has 1 aromatic rings. The van der Waals surface area contributed by atoms with Crippen molar-refractivity contribution in [2.75, 3.05) is 14.2 Å². The molecule has 19 heavy (non-hydrogen) atoms. The van der Waals surface area contributed by atoms with Crippen LogP contribution in [0.1, 0.15) is 42.4 Å². The third kappa shape index (κ3) is 4.00. The lowest BCUT2D eigenvalue weighted by Crippen LogP contribution is -2.41. The SMILES string of the molecule is COC(OC)C(C)NC(C)c1c(C)cc(C)nc1C. The molecule has 4 nitrogen and oxygen atoms in total. The number of hydrogen-bond acceptors (Lipinski definition) is 4. The summed E-state index contributed by atoms with van der Waals surface area (Å²) < 4.78 is 10.6. The summed E-state index contributed by atoms with van der Waals surface area (Å²) in [5, 5.41) is 3.51. The molecule has 4 heteroatoms. The van der Waals surface area contributed by atoms with E-state index < -0.39 is 0 Å². The molecule has 1 rings (SSSR count). The fraction of sp³-hybridized carbons (Fsp3) is 0.667. The van der Waals surface area contributed by atoms with Gasteiger partial charge in [0.05, 0.1) is 6.04 Å². The van der Waals surface area contributed by atoms with E-state index in [1.54, 1.807) is 14.2 Å². The van der Waals surface area contributed by atoms with E-state index in [4.69, 9.17) is 9.47 Å². The number of nitrogens with one attached hydrogen (secondary N) is 1. The van der Waals surface area contributed by atoms with Crippen LogP contribution in [0.3, 0.4) is 0 Å². The maximum absolute atomic E-state index is 5.28. The van der Waals surface area contributed by atoms with E-state index in [1.807, 2.05) is 6.92 Å². The highest BCUT2D eigenvalue weighted by molar-refractivity contribution is 5.33. The number of hydrogen-bond donors (Lipinski definition) is 1. The van der Waals surface area contributed by atoms with Crippen LogP contribution in [0.5, 0.6) is 0 Å². The first-order chi connectivity index (χ1) is 8.90. The van der Waals surface area contributed by atoms with Gasteiger partial charge >= 0.3 is 0 Å². The van der Waals surface area contributed by atoms with Crippen molar-refractivity contribution in [1.82, 2.24) is 10.3 Å². The second kappa shape index (κ2) is 6.98. The van der Waals surface area contributed by atoms with Crippen LogP contribution in [0.4, 0.5) is 0 Å². The zero-order valence-corrected chi connectivity index (χ0v) is 13.1. The summed E-state index contributed by atoms with van der Waals surface area (Å²) in [6, 6.07) is 2.43. The third-order valence-electron chi connectivity index (χ3n) is 3.40. The molecule has 0 bridgehead atoms. The Bertz CT molecular complexity index is 394. The Morgan fingerprint density at radius 2 is 1.68 bits per heavy atom. The van der Waals surface area contributed by atoms with Crippen molar-refractivity contribution in [2.24, 2.45) is 0 Å². The topological polar surface area (TPSA) is 43.4 Å². The van der Waals surface area contributed by atoms with Gasteiger partial charge in [0.15, 0.2) is 6.29 Å². The number of aromatic nitrogens is 1. The summed E-state index contributed by atoms with van der Waals surface area (Å²) in [5.74, 6) is 0. The Kier molecular flexibility index (Phi) is 5.91. The molecule has 0 radical (unpaired) electrons. The molecule has 0 aliphatic carbocycles. The Morgan fingerprint density at radius 1 is 1.11 bits per heavy atom. The summed E-state index contributed by atoms with van der Waals surface area (Å²) in [6.07, 6.45) is -0.249. The van der Waals surface area contributed by atoms with Crippen LogP contribution in [0.15, 0.2) is 6.07 Å². The normalized spacial score (nSPS) is 14.7. The lowest BCUT2D eigenvalue weighted by atomic mass is 10.00. The molecule has 1 N–H and O–H groups in total. The van der Waals surface area contributed by atoms with Crippen LogP contribution < -0.4 is 5.32 Å². The first-order valence-corrected chi connectivity index (χ1v) is 6.67. The summed E-state index contributed by atoms with van der Waals surface area (Å²) in [7, 11) is 3.31. The van der Waals surface area contributed by atoms with E-state index in [0.29, 0.717) is 0 Å². The van der Waals surface area contributed by atoms with Crippen LogP contribution in [-0.4, -0.2) is 31.5 Å². The van der Waals surface area contributed by atoms with E-state index in [9.17, 15) is 0 Å². The highest BCUT2D eigenvalue weighted by atomic mass is 16.7. The van der Waals surface area contributed by atoms with Gasteiger partial charge in [0.1, 0.15) is 0 Å². The second-order valence-corrected chi connectivity index (χ2v) is 5.10. The molecule has 1 aromatic heterocycles. The zero-order chi connectivity index (χ0) is 14.6. The molecule has 1 heterocycles. The van der Waals surface area contributed by atoms with Gasteiger partial charge in [-0.1, -0.05) is 0 Å². The van der Waals surface area contributed by atoms with Crippen LogP contribution >= 0.6 is 0 Å². The minimum Gasteiger partial charge on any atom is -0.354 e. The predicted molar refractivity (Wildman–Crippen MR) is 77.3 cm³/mol. The average Bonchev–Trinajstić information content (AvgIpc) is 2.28. The Labute approximate surface area is 116 Å². The summed E-state index contributed by atoms with van der Waals surface area (Å²) >= 11 is 0. The van der Waals surface area contributed by atoms with Gasteiger partial charge in [-0.05, 0) is 51.8 Å². The van der Waals surface area contributed by atoms with Crippen molar-refractivity contribution in [3.63, 3.8) is 0 Å². The summed E-state index contributed by atoms with van der Waals surface area (Å²) in [5.41, 5.74) is 4.66. The van der Waals surface area contributed by atoms with Crippen LogP contribution in [0.2, 0.25) is 0 Å². The molecule has 0 spiro atoms. The van der Waals surface area contributed by atoms with Crippen molar-refractivity contribution in [2.45, 2.75) is 53.0 Å². The highest BCUT2D eigenvalue weighted by Gasteiger charge is 2.20. The Hall–Kier alpha value is -0.970. The standard InChI is InChI=1S/C15H26N2O2/c1-9-8-10(2)16-11(3)14(9)12(4)17-13(5)15(18-6)19-7/h8,12-13,15,17H,1-7H3. The van der Waals surface area contributed by atoms with Crippen LogP contribution in [0, 0.1) is 20.8 Å². The number of ether oxygens (including phenoxy) is 2. The number of rotatable bonds is 6. The summed E-state index contributed by atoms with van der Waals surface area (Å²) in [6.45, 7) is 10.4. The molecule has 0 saturated heterocycles. The predicted octanol–water partition coefficient (Wildman–Crippen LogP) is 2.66. The number of methoxy groups -OCH3 is 2. The van der Waals surface area contributed by atoms with Gasteiger partial charge in [0.25, 0.3) is 0 Å². The fourth-order valence-corrected chi connectivity index (χ4v) is 2.75. The molecule has 2 unspecified atom stereocenters. The monoisotopic (exact) mass is 266 g/mol. The van der Waals surface area contributed by atoms with E-state index in [1.165, 1.54) is 11.1 Å². The Morgan fingerprint density at radius 3 is 2.16 bits per heavy atom. The molecular formula is C15H26N2O2. The number of pyridine rings is 1. The molecule has 0 amide bonds. The van der Waals surface area contributed by atoms with E-state index in [0.717, 1.165) is 11.4 Å². The molecule has 0 aromatic carbocycles. The smallest absolute Gasteiger partial charge is 0.171 e. The van der Waals surface area contributed by atoms with Crippen molar-refractivity contribution < 1.29 is 9.47 Å². The van der Waals surface area contributed by atoms with E-state index in [-0.39, 0.29) is 18.4 Å². The van der Waals surface area contributed by atoms with Gasteiger partial charge in [-0.2, -0.15) is 0 Å². The van der Waals surface area contributed by atoms with Gasteiger partial charge in [-0.25, -0.2) is 0 Å². The van der Waals surface area contributed by atoms with Crippen molar-refractivity contribution in [3.05, 3.63) is 28.6 Å². The van der Waals surface area contributed by atoms with E-state index >= 15 is 0 Å². The second-order valence-electron chi connectivity index (χ2n) is 5.10. The maximum atomic E-state index is 5.28. The molecular weight excluding hydrogens is 240 g/mol. The average molecular weight is 266 g/mol. The lowest BCUT2D eigenvalue weighted by molar-refractivity contribution is -0.120. The molecule has 2 atom stereocenters. The van der Waals surface area contributed by atoms with Crippen LogP contribution in [-0.2, 0) is 9.47 Å². The maximum Gasteiger partial charge on any atom is 0.171 e. The van der Waals surface area contributed by atoms with Gasteiger partial charge < -0.3 is 14.8 Å². The zero-order valence-electron chi connectivity index (χ0n) is 13.1. The highest BCUT2D eigenvalue weighted by Crippen LogP contribution is 2.22. The fourth-order valence-electron chi connectivity index (χ4n) is 2.75. The molecule has 0 fully saturated rings. The third-order valence-corrected chi connectivity index (χ3v) is 3.40. The van der Waals surface area contributed by atoms with Gasteiger partial charge in [-0.3, -0.25) is 4.98 Å². The van der Waals surface area contributed by atoms with Crippen molar-refractivity contribution >= 4 is 0 Å². The largest absolute Gasteiger partial charge is 0.354 e. The van der Waals surface area contributed by atoms with Gasteiger partial charge in [-0.15, -0.1) is 0 Å². The molecule has 108 valence electrons. The molecule has 0 saturated carbocycles. The number of nitrogens with zero attached hydrogens (tertiary/aromatic N) is 1. The minimum absolute atomic E-state index is 0.102. The Balaban J connectivity index is 2.87. The number of aryl methyl sites for hydroxylation is 3.